The molecule has 19 heavy (non-hydrogen) atoms. The standard InChI is InChI=1S/C15H10INS2/c16-10-5-7-11(8-6-10)17-9-14-15(18)12-3-1-2-4-13(12)19-14/h1-9,18H. The third-order valence-corrected chi connectivity index (χ3v) is 5.21. The first-order valence-corrected chi connectivity index (χ1v) is 8.08. The summed E-state index contributed by atoms with van der Waals surface area (Å²) in [7, 11) is 0. The van der Waals surface area contributed by atoms with E-state index in [4.69, 9.17) is 0 Å². The zero-order valence-electron chi connectivity index (χ0n) is 9.88. The SMILES string of the molecule is Sc1c(C=Nc2ccc(I)cc2)sc2ccccc12. The average Bonchev–Trinajstić information content (AvgIpc) is 2.76. The van der Waals surface area contributed by atoms with Gasteiger partial charge in [-0.2, -0.15) is 0 Å². The molecule has 94 valence electrons. The number of thiophene rings is 1. The van der Waals surface area contributed by atoms with Crippen LogP contribution in [0.25, 0.3) is 10.1 Å². The minimum atomic E-state index is 0.964. The minimum Gasteiger partial charge on any atom is -0.255 e. The molecule has 0 saturated heterocycles. The van der Waals surface area contributed by atoms with Crippen LogP contribution in [0.3, 0.4) is 0 Å². The van der Waals surface area contributed by atoms with Crippen LogP contribution in [-0.2, 0) is 0 Å². The summed E-state index contributed by atoms with van der Waals surface area (Å²) in [6.07, 6.45) is 1.90. The topological polar surface area (TPSA) is 12.4 Å². The average molecular weight is 395 g/mol. The highest BCUT2D eigenvalue weighted by atomic mass is 127. The second-order valence-corrected chi connectivity index (χ2v) is 6.82. The van der Waals surface area contributed by atoms with Gasteiger partial charge in [0.25, 0.3) is 0 Å². The van der Waals surface area contributed by atoms with Crippen molar-refractivity contribution in [3.05, 3.63) is 57.0 Å². The van der Waals surface area contributed by atoms with Crippen LogP contribution in [0.2, 0.25) is 0 Å². The summed E-state index contributed by atoms with van der Waals surface area (Å²) < 4.78 is 2.46. The molecule has 1 aromatic heterocycles. The highest BCUT2D eigenvalue weighted by Crippen LogP contribution is 2.33. The Hall–Kier alpha value is -0.850. The summed E-state index contributed by atoms with van der Waals surface area (Å²) in [4.78, 5) is 6.62. The molecule has 0 fully saturated rings. The largest absolute Gasteiger partial charge is 0.255 e. The minimum absolute atomic E-state index is 0.964. The van der Waals surface area contributed by atoms with Gasteiger partial charge < -0.3 is 0 Å². The zero-order valence-corrected chi connectivity index (χ0v) is 13.7. The Balaban J connectivity index is 1.97. The van der Waals surface area contributed by atoms with Gasteiger partial charge in [0.15, 0.2) is 0 Å². The highest BCUT2D eigenvalue weighted by molar-refractivity contribution is 14.1. The molecule has 1 heterocycles. The van der Waals surface area contributed by atoms with E-state index in [1.807, 2.05) is 30.5 Å². The van der Waals surface area contributed by atoms with Gasteiger partial charge in [-0.25, -0.2) is 0 Å². The monoisotopic (exact) mass is 395 g/mol. The molecule has 0 atom stereocenters. The van der Waals surface area contributed by atoms with Crippen molar-refractivity contribution in [2.45, 2.75) is 4.90 Å². The van der Waals surface area contributed by atoms with E-state index in [9.17, 15) is 0 Å². The number of nitrogens with zero attached hydrogens (tertiary/aromatic N) is 1. The Labute approximate surface area is 134 Å². The molecule has 3 aromatic rings. The van der Waals surface area contributed by atoms with Gasteiger partial charge in [-0.15, -0.1) is 24.0 Å². The maximum atomic E-state index is 4.60. The third-order valence-electron chi connectivity index (χ3n) is 2.75. The van der Waals surface area contributed by atoms with Crippen molar-refractivity contribution >= 4 is 68.5 Å². The molecular formula is C15H10INS2. The van der Waals surface area contributed by atoms with Crippen LogP contribution >= 0.6 is 46.6 Å². The van der Waals surface area contributed by atoms with Crippen LogP contribution in [-0.4, -0.2) is 6.21 Å². The van der Waals surface area contributed by atoms with E-state index < -0.39 is 0 Å². The summed E-state index contributed by atoms with van der Waals surface area (Å²) in [5.74, 6) is 0. The second-order valence-electron chi connectivity index (χ2n) is 4.05. The van der Waals surface area contributed by atoms with Gasteiger partial charge in [-0.1, -0.05) is 18.2 Å². The number of rotatable bonds is 2. The van der Waals surface area contributed by atoms with E-state index in [1.165, 1.54) is 13.7 Å². The number of aliphatic imine (C=N–C) groups is 1. The van der Waals surface area contributed by atoms with E-state index in [0.29, 0.717) is 0 Å². The Bertz CT molecular complexity index is 744. The fraction of sp³-hybridized carbons (Fsp3) is 0. The van der Waals surface area contributed by atoms with Crippen molar-refractivity contribution in [1.82, 2.24) is 0 Å². The predicted octanol–water partition coefficient (Wildman–Crippen LogP) is 5.55. The molecule has 0 aliphatic heterocycles. The summed E-state index contributed by atoms with van der Waals surface area (Å²) >= 11 is 8.60. The van der Waals surface area contributed by atoms with Gasteiger partial charge in [0, 0.05) is 24.8 Å². The highest BCUT2D eigenvalue weighted by Gasteiger charge is 2.06. The molecule has 1 nitrogen and oxygen atoms in total. The Kier molecular flexibility index (Phi) is 3.91. The molecule has 0 aliphatic rings. The summed E-state index contributed by atoms with van der Waals surface area (Å²) in [6.45, 7) is 0. The van der Waals surface area contributed by atoms with Gasteiger partial charge >= 0.3 is 0 Å². The molecule has 0 saturated carbocycles. The lowest BCUT2D eigenvalue weighted by molar-refractivity contribution is 1.51. The third kappa shape index (κ3) is 2.85. The zero-order chi connectivity index (χ0) is 13.2. The van der Waals surface area contributed by atoms with Crippen molar-refractivity contribution in [2.24, 2.45) is 4.99 Å². The molecule has 4 heteroatoms. The van der Waals surface area contributed by atoms with Crippen molar-refractivity contribution in [3.8, 4) is 0 Å². The molecule has 0 amide bonds. The maximum absolute atomic E-state index is 4.60. The lowest BCUT2D eigenvalue weighted by atomic mass is 10.2. The molecule has 2 aromatic carbocycles. The van der Waals surface area contributed by atoms with E-state index in [1.54, 1.807) is 11.3 Å². The number of hydrogen-bond donors (Lipinski definition) is 1. The lowest BCUT2D eigenvalue weighted by Gasteiger charge is -1.94. The molecule has 0 N–H and O–H groups in total. The molecule has 0 radical (unpaired) electrons. The van der Waals surface area contributed by atoms with Crippen molar-refractivity contribution in [1.29, 1.82) is 0 Å². The number of thiol groups is 1. The number of halogens is 1. The van der Waals surface area contributed by atoms with E-state index in [2.05, 4.69) is 64.5 Å². The summed E-state index contributed by atoms with van der Waals surface area (Å²) in [5, 5.41) is 1.19. The van der Waals surface area contributed by atoms with Gasteiger partial charge in [0.1, 0.15) is 0 Å². The fourth-order valence-corrected chi connectivity index (χ4v) is 3.60. The van der Waals surface area contributed by atoms with Crippen LogP contribution in [0.5, 0.6) is 0 Å². The molecule has 0 spiro atoms. The van der Waals surface area contributed by atoms with Crippen LogP contribution in [0, 0.1) is 3.57 Å². The number of benzene rings is 2. The van der Waals surface area contributed by atoms with Gasteiger partial charge in [0.2, 0.25) is 0 Å². The number of hydrogen-bond acceptors (Lipinski definition) is 3. The summed E-state index contributed by atoms with van der Waals surface area (Å²) in [6, 6.07) is 16.4. The summed E-state index contributed by atoms with van der Waals surface area (Å²) in [5.41, 5.74) is 0.964. The van der Waals surface area contributed by atoms with Crippen molar-refractivity contribution in [3.63, 3.8) is 0 Å². The predicted molar refractivity (Wildman–Crippen MR) is 95.5 cm³/mol. The van der Waals surface area contributed by atoms with Crippen molar-refractivity contribution < 1.29 is 0 Å². The molecule has 3 rings (SSSR count). The van der Waals surface area contributed by atoms with Crippen LogP contribution in [0.4, 0.5) is 5.69 Å². The molecule has 0 bridgehead atoms. The molecular weight excluding hydrogens is 385 g/mol. The van der Waals surface area contributed by atoms with E-state index >= 15 is 0 Å². The quantitative estimate of drug-likeness (QED) is 0.332. The van der Waals surface area contributed by atoms with Crippen LogP contribution in [0.1, 0.15) is 4.88 Å². The van der Waals surface area contributed by atoms with E-state index in [0.717, 1.165) is 15.5 Å². The second kappa shape index (κ2) is 5.64. The smallest absolute Gasteiger partial charge is 0.0630 e. The molecule has 0 unspecified atom stereocenters. The molecule has 0 aliphatic carbocycles. The Morgan fingerprint density at radius 3 is 2.53 bits per heavy atom. The number of fused-ring (bicyclic) bond motifs is 1. The van der Waals surface area contributed by atoms with Gasteiger partial charge in [0.05, 0.1) is 10.6 Å². The first-order chi connectivity index (χ1) is 9.24. The van der Waals surface area contributed by atoms with Crippen molar-refractivity contribution in [2.75, 3.05) is 0 Å². The Morgan fingerprint density at radius 1 is 1.05 bits per heavy atom. The van der Waals surface area contributed by atoms with Crippen LogP contribution < -0.4 is 0 Å². The maximum Gasteiger partial charge on any atom is 0.0630 e. The normalized spacial score (nSPS) is 11.5. The first kappa shape index (κ1) is 13.1. The van der Waals surface area contributed by atoms with Gasteiger partial charge in [-0.05, 0) is 52.9 Å². The Morgan fingerprint density at radius 2 is 1.79 bits per heavy atom. The van der Waals surface area contributed by atoms with Gasteiger partial charge in [-0.3, -0.25) is 4.99 Å². The first-order valence-electron chi connectivity index (χ1n) is 5.74. The lowest BCUT2D eigenvalue weighted by Crippen LogP contribution is -1.75. The van der Waals surface area contributed by atoms with E-state index in [-0.39, 0.29) is 0 Å². The van der Waals surface area contributed by atoms with Crippen LogP contribution in [0.15, 0.2) is 58.4 Å². The fourth-order valence-electron chi connectivity index (χ4n) is 1.80.